The molecule has 1 aliphatic carbocycles. The Kier molecular flexibility index (Phi) is 4.11. The Morgan fingerprint density at radius 1 is 1.17 bits per heavy atom. The average molecular weight is 168 g/mol. The van der Waals surface area contributed by atoms with Crippen LogP contribution in [0.5, 0.6) is 0 Å². The van der Waals surface area contributed by atoms with Gasteiger partial charge in [-0.25, -0.2) is 0 Å². The van der Waals surface area contributed by atoms with Crippen LogP contribution in [0.2, 0.25) is 0 Å². The Bertz CT molecular complexity index is 117. The lowest BCUT2D eigenvalue weighted by molar-refractivity contribution is 0.292. The maximum atomic E-state index is 2.45. The van der Waals surface area contributed by atoms with E-state index in [0.717, 1.165) is 17.8 Å². The van der Waals surface area contributed by atoms with Crippen molar-refractivity contribution in [2.75, 3.05) is 0 Å². The van der Waals surface area contributed by atoms with E-state index in [1.54, 1.807) is 0 Å². The minimum atomic E-state index is 1.02. The molecule has 12 heavy (non-hydrogen) atoms. The highest BCUT2D eigenvalue weighted by Crippen LogP contribution is 2.41. The molecule has 0 N–H and O–H groups in total. The van der Waals surface area contributed by atoms with Gasteiger partial charge in [0.2, 0.25) is 0 Å². The molecule has 1 fully saturated rings. The number of hydrogen-bond acceptors (Lipinski definition) is 0. The predicted octanol–water partition coefficient (Wildman–Crippen LogP) is 4.25. The van der Waals surface area contributed by atoms with Crippen molar-refractivity contribution in [2.45, 2.75) is 59.3 Å². The molecule has 1 rings (SSSR count). The molecule has 0 radical (unpaired) electrons. The summed E-state index contributed by atoms with van der Waals surface area (Å²) >= 11 is 0. The van der Waals surface area contributed by atoms with E-state index in [1.807, 2.05) is 0 Å². The second-order valence-electron chi connectivity index (χ2n) is 4.53. The maximum Gasteiger partial charge on any atom is -0.0360 e. The summed E-state index contributed by atoms with van der Waals surface area (Å²) in [4.78, 5) is 0. The lowest BCUT2D eigenvalue weighted by Gasteiger charge is -2.21. The van der Waals surface area contributed by atoms with Gasteiger partial charge in [-0.3, -0.25) is 0 Å². The highest BCUT2D eigenvalue weighted by atomic mass is 14.4. The zero-order chi connectivity index (χ0) is 8.97. The van der Waals surface area contributed by atoms with E-state index in [1.165, 1.54) is 38.5 Å². The average Bonchev–Trinajstić information content (AvgIpc) is 2.43. The molecule has 0 heteroatoms. The molecule has 1 aliphatic rings. The van der Waals surface area contributed by atoms with E-state index < -0.39 is 0 Å². The first-order valence-corrected chi connectivity index (χ1v) is 5.79. The molecule has 0 spiro atoms. The van der Waals surface area contributed by atoms with Crippen LogP contribution in [0.15, 0.2) is 0 Å². The van der Waals surface area contributed by atoms with Gasteiger partial charge in [-0.05, 0) is 30.6 Å². The van der Waals surface area contributed by atoms with Gasteiger partial charge in [0, 0.05) is 0 Å². The highest BCUT2D eigenvalue weighted by molar-refractivity contribution is 4.81. The van der Waals surface area contributed by atoms with Crippen LogP contribution in [-0.4, -0.2) is 0 Å². The zero-order valence-corrected chi connectivity index (χ0v) is 8.97. The minimum absolute atomic E-state index is 1.02. The standard InChI is InChI=1S/C12H24/c1-4-6-7-12-10(3)8-9-11(12)5-2/h10-12H,4-9H2,1-3H3. The van der Waals surface area contributed by atoms with Crippen LogP contribution in [0.3, 0.4) is 0 Å². The van der Waals surface area contributed by atoms with Crippen LogP contribution in [-0.2, 0) is 0 Å². The Morgan fingerprint density at radius 3 is 2.50 bits per heavy atom. The van der Waals surface area contributed by atoms with Crippen LogP contribution in [0.1, 0.15) is 59.3 Å². The van der Waals surface area contributed by atoms with Gasteiger partial charge in [0.05, 0.1) is 0 Å². The second kappa shape index (κ2) is 4.89. The first-order valence-electron chi connectivity index (χ1n) is 5.79. The molecule has 3 atom stereocenters. The van der Waals surface area contributed by atoms with Crippen molar-refractivity contribution < 1.29 is 0 Å². The van der Waals surface area contributed by atoms with Gasteiger partial charge >= 0.3 is 0 Å². The molecule has 0 nitrogen and oxygen atoms in total. The normalized spacial score (nSPS) is 35.8. The van der Waals surface area contributed by atoms with Gasteiger partial charge in [-0.2, -0.15) is 0 Å². The third-order valence-electron chi connectivity index (χ3n) is 3.74. The third-order valence-corrected chi connectivity index (χ3v) is 3.74. The Morgan fingerprint density at radius 2 is 1.92 bits per heavy atom. The molecule has 72 valence electrons. The Labute approximate surface area is 77.7 Å². The van der Waals surface area contributed by atoms with E-state index in [4.69, 9.17) is 0 Å². The summed E-state index contributed by atoms with van der Waals surface area (Å²) in [6.45, 7) is 7.12. The van der Waals surface area contributed by atoms with Crippen LogP contribution >= 0.6 is 0 Å². The minimum Gasteiger partial charge on any atom is -0.0654 e. The molecule has 0 aromatic carbocycles. The summed E-state index contributed by atoms with van der Waals surface area (Å²) in [6.07, 6.45) is 8.74. The summed E-state index contributed by atoms with van der Waals surface area (Å²) in [5.74, 6) is 3.14. The van der Waals surface area contributed by atoms with Crippen molar-refractivity contribution >= 4 is 0 Å². The highest BCUT2D eigenvalue weighted by Gasteiger charge is 2.30. The van der Waals surface area contributed by atoms with Crippen LogP contribution < -0.4 is 0 Å². The summed E-state index contributed by atoms with van der Waals surface area (Å²) in [5, 5.41) is 0. The molecule has 0 aromatic heterocycles. The van der Waals surface area contributed by atoms with Gasteiger partial charge in [0.1, 0.15) is 0 Å². The van der Waals surface area contributed by atoms with Gasteiger partial charge < -0.3 is 0 Å². The van der Waals surface area contributed by atoms with E-state index in [2.05, 4.69) is 20.8 Å². The quantitative estimate of drug-likeness (QED) is 0.588. The fourth-order valence-corrected chi connectivity index (χ4v) is 2.84. The molecule has 3 unspecified atom stereocenters. The van der Waals surface area contributed by atoms with Crippen LogP contribution in [0, 0.1) is 17.8 Å². The summed E-state index contributed by atoms with van der Waals surface area (Å²) in [6, 6.07) is 0. The van der Waals surface area contributed by atoms with Crippen molar-refractivity contribution in [1.82, 2.24) is 0 Å². The van der Waals surface area contributed by atoms with Crippen molar-refractivity contribution in [3.05, 3.63) is 0 Å². The van der Waals surface area contributed by atoms with Crippen LogP contribution in [0.4, 0.5) is 0 Å². The summed E-state index contributed by atoms with van der Waals surface area (Å²) in [5.41, 5.74) is 0. The largest absolute Gasteiger partial charge is 0.0654 e. The molecule has 0 aromatic rings. The van der Waals surface area contributed by atoms with E-state index in [-0.39, 0.29) is 0 Å². The third kappa shape index (κ3) is 2.24. The molecular formula is C12H24. The molecule has 0 amide bonds. The number of unbranched alkanes of at least 4 members (excludes halogenated alkanes) is 1. The van der Waals surface area contributed by atoms with E-state index in [9.17, 15) is 0 Å². The monoisotopic (exact) mass is 168 g/mol. The number of rotatable bonds is 4. The topological polar surface area (TPSA) is 0 Å². The van der Waals surface area contributed by atoms with Gasteiger partial charge in [-0.15, -0.1) is 0 Å². The molecule has 0 heterocycles. The maximum absolute atomic E-state index is 2.45. The second-order valence-corrected chi connectivity index (χ2v) is 4.53. The predicted molar refractivity (Wildman–Crippen MR) is 55.2 cm³/mol. The van der Waals surface area contributed by atoms with Gasteiger partial charge in [0.15, 0.2) is 0 Å². The summed E-state index contributed by atoms with van der Waals surface area (Å²) < 4.78 is 0. The van der Waals surface area contributed by atoms with Crippen molar-refractivity contribution in [1.29, 1.82) is 0 Å². The zero-order valence-electron chi connectivity index (χ0n) is 8.97. The fraction of sp³-hybridized carbons (Fsp3) is 1.00. The lowest BCUT2D eigenvalue weighted by Crippen LogP contribution is -2.12. The van der Waals surface area contributed by atoms with Crippen molar-refractivity contribution in [3.63, 3.8) is 0 Å². The van der Waals surface area contributed by atoms with Crippen molar-refractivity contribution in [3.8, 4) is 0 Å². The Balaban J connectivity index is 2.35. The smallest absolute Gasteiger partial charge is 0.0360 e. The SMILES string of the molecule is CCCCC1C(C)CCC1CC. The van der Waals surface area contributed by atoms with Gasteiger partial charge in [0.25, 0.3) is 0 Å². The van der Waals surface area contributed by atoms with Crippen molar-refractivity contribution in [2.24, 2.45) is 17.8 Å². The summed E-state index contributed by atoms with van der Waals surface area (Å²) in [7, 11) is 0. The number of hydrogen-bond donors (Lipinski definition) is 0. The lowest BCUT2D eigenvalue weighted by atomic mass is 9.85. The molecule has 0 bridgehead atoms. The fourth-order valence-electron chi connectivity index (χ4n) is 2.84. The molecular weight excluding hydrogens is 144 g/mol. The molecule has 1 saturated carbocycles. The molecule has 0 aliphatic heterocycles. The molecule has 0 saturated heterocycles. The van der Waals surface area contributed by atoms with Gasteiger partial charge in [-0.1, -0.05) is 46.5 Å². The Hall–Kier alpha value is 0. The van der Waals surface area contributed by atoms with E-state index >= 15 is 0 Å². The first kappa shape index (κ1) is 10.1. The first-order chi connectivity index (χ1) is 5.79. The van der Waals surface area contributed by atoms with E-state index in [0.29, 0.717) is 0 Å². The van der Waals surface area contributed by atoms with Crippen LogP contribution in [0.25, 0.3) is 0 Å².